The summed E-state index contributed by atoms with van der Waals surface area (Å²) in [5.41, 5.74) is 0.0902. The molecule has 0 atom stereocenters. The van der Waals surface area contributed by atoms with Gasteiger partial charge >= 0.3 is 0 Å². The molecule has 1 aromatic heterocycles. The van der Waals surface area contributed by atoms with Crippen molar-refractivity contribution in [3.8, 4) is 5.75 Å². The van der Waals surface area contributed by atoms with Gasteiger partial charge in [0.2, 0.25) is 0 Å². The SMILES string of the molecule is O=C(Nc1ncnc(Cl)c1Cl)c1cc(O)ccc1Cl. The van der Waals surface area contributed by atoms with E-state index in [-0.39, 0.29) is 32.3 Å². The molecule has 1 amide bonds. The Hall–Kier alpha value is -1.56. The molecular formula is C11H6Cl3N3O2. The summed E-state index contributed by atoms with van der Waals surface area (Å²) in [7, 11) is 0. The van der Waals surface area contributed by atoms with Crippen LogP contribution < -0.4 is 5.32 Å². The van der Waals surface area contributed by atoms with Crippen molar-refractivity contribution in [2.45, 2.75) is 0 Å². The highest BCUT2D eigenvalue weighted by Crippen LogP contribution is 2.27. The molecule has 0 aliphatic rings. The Balaban J connectivity index is 2.31. The normalized spacial score (nSPS) is 10.3. The van der Waals surface area contributed by atoms with Crippen LogP contribution in [0.3, 0.4) is 0 Å². The monoisotopic (exact) mass is 317 g/mol. The minimum Gasteiger partial charge on any atom is -0.508 e. The average molecular weight is 319 g/mol. The van der Waals surface area contributed by atoms with Crippen LogP contribution in [0.2, 0.25) is 15.2 Å². The number of aromatic nitrogens is 2. The maximum Gasteiger partial charge on any atom is 0.258 e. The molecule has 5 nitrogen and oxygen atoms in total. The average Bonchev–Trinajstić information content (AvgIpc) is 2.38. The van der Waals surface area contributed by atoms with Crippen molar-refractivity contribution in [2.24, 2.45) is 0 Å². The van der Waals surface area contributed by atoms with Crippen LogP contribution in [0.15, 0.2) is 24.5 Å². The molecule has 0 bridgehead atoms. The number of carbonyl (C=O) groups is 1. The number of halogens is 3. The van der Waals surface area contributed by atoms with E-state index < -0.39 is 5.91 Å². The van der Waals surface area contributed by atoms with Crippen LogP contribution in [-0.4, -0.2) is 21.0 Å². The molecule has 0 aliphatic heterocycles. The molecule has 0 saturated heterocycles. The van der Waals surface area contributed by atoms with Crippen LogP contribution in [0.1, 0.15) is 10.4 Å². The zero-order chi connectivity index (χ0) is 14.0. The topological polar surface area (TPSA) is 75.1 Å². The Morgan fingerprint density at radius 1 is 1.21 bits per heavy atom. The highest BCUT2D eigenvalue weighted by Gasteiger charge is 2.15. The lowest BCUT2D eigenvalue weighted by Gasteiger charge is -2.08. The number of hydrogen-bond donors (Lipinski definition) is 2. The maximum atomic E-state index is 12.0. The van der Waals surface area contributed by atoms with E-state index >= 15 is 0 Å². The van der Waals surface area contributed by atoms with Crippen molar-refractivity contribution in [1.29, 1.82) is 0 Å². The van der Waals surface area contributed by atoms with Gasteiger partial charge in [-0.1, -0.05) is 34.8 Å². The second-order valence-electron chi connectivity index (χ2n) is 3.45. The summed E-state index contributed by atoms with van der Waals surface area (Å²) in [5.74, 6) is -0.593. The number of nitrogens with zero attached hydrogens (tertiary/aromatic N) is 2. The fraction of sp³-hybridized carbons (Fsp3) is 0. The fourth-order valence-electron chi connectivity index (χ4n) is 1.30. The quantitative estimate of drug-likeness (QED) is 0.832. The van der Waals surface area contributed by atoms with Gasteiger partial charge in [-0.25, -0.2) is 9.97 Å². The first-order valence-corrected chi connectivity index (χ1v) is 6.08. The summed E-state index contributed by atoms with van der Waals surface area (Å²) >= 11 is 17.4. The van der Waals surface area contributed by atoms with Gasteiger partial charge in [0.1, 0.15) is 17.1 Å². The van der Waals surface area contributed by atoms with Crippen LogP contribution in [0, 0.1) is 0 Å². The van der Waals surface area contributed by atoms with Gasteiger partial charge in [0, 0.05) is 0 Å². The van der Waals surface area contributed by atoms with E-state index in [4.69, 9.17) is 34.8 Å². The lowest BCUT2D eigenvalue weighted by molar-refractivity contribution is 0.102. The molecule has 19 heavy (non-hydrogen) atoms. The highest BCUT2D eigenvalue weighted by atomic mass is 35.5. The van der Waals surface area contributed by atoms with Gasteiger partial charge in [-0.05, 0) is 18.2 Å². The van der Waals surface area contributed by atoms with Crippen molar-refractivity contribution < 1.29 is 9.90 Å². The van der Waals surface area contributed by atoms with E-state index in [1.807, 2.05) is 0 Å². The van der Waals surface area contributed by atoms with E-state index in [1.165, 1.54) is 18.2 Å². The summed E-state index contributed by atoms with van der Waals surface area (Å²) in [6.07, 6.45) is 1.16. The maximum absolute atomic E-state index is 12.0. The van der Waals surface area contributed by atoms with Gasteiger partial charge in [-0.3, -0.25) is 4.79 Å². The summed E-state index contributed by atoms with van der Waals surface area (Å²) in [5, 5.41) is 12.0. The first-order valence-electron chi connectivity index (χ1n) is 4.95. The Morgan fingerprint density at radius 2 is 1.95 bits per heavy atom. The van der Waals surface area contributed by atoms with E-state index in [9.17, 15) is 9.90 Å². The number of phenolic OH excluding ortho intramolecular Hbond substituents is 1. The highest BCUT2D eigenvalue weighted by molar-refractivity contribution is 6.43. The predicted molar refractivity (Wildman–Crippen MR) is 73.1 cm³/mol. The summed E-state index contributed by atoms with van der Waals surface area (Å²) in [6.45, 7) is 0. The van der Waals surface area contributed by atoms with Gasteiger partial charge in [0.05, 0.1) is 10.6 Å². The predicted octanol–water partition coefficient (Wildman–Crippen LogP) is 3.39. The molecule has 0 unspecified atom stereocenters. The molecule has 0 saturated carbocycles. The summed E-state index contributed by atoms with van der Waals surface area (Å²) in [4.78, 5) is 19.4. The number of anilines is 1. The number of benzene rings is 1. The first kappa shape index (κ1) is 13.9. The van der Waals surface area contributed by atoms with Crippen LogP contribution >= 0.6 is 34.8 Å². The number of hydrogen-bond acceptors (Lipinski definition) is 4. The summed E-state index contributed by atoms with van der Waals surface area (Å²) < 4.78 is 0. The molecule has 0 aliphatic carbocycles. The second kappa shape index (κ2) is 5.61. The van der Waals surface area contributed by atoms with E-state index in [0.29, 0.717) is 0 Å². The Morgan fingerprint density at radius 3 is 2.68 bits per heavy atom. The molecule has 0 spiro atoms. The molecule has 98 valence electrons. The van der Waals surface area contributed by atoms with Gasteiger partial charge in [-0.15, -0.1) is 0 Å². The third-order valence-electron chi connectivity index (χ3n) is 2.17. The first-order chi connectivity index (χ1) is 8.99. The molecule has 2 N–H and O–H groups in total. The minimum absolute atomic E-state index is 0.0220. The molecular weight excluding hydrogens is 312 g/mol. The Kier molecular flexibility index (Phi) is 4.09. The van der Waals surface area contributed by atoms with Gasteiger partial charge in [0.15, 0.2) is 11.0 Å². The van der Waals surface area contributed by atoms with Crippen molar-refractivity contribution in [3.63, 3.8) is 0 Å². The van der Waals surface area contributed by atoms with E-state index in [0.717, 1.165) is 6.33 Å². The zero-order valence-corrected chi connectivity index (χ0v) is 11.5. The smallest absolute Gasteiger partial charge is 0.258 e. The van der Waals surface area contributed by atoms with Crippen molar-refractivity contribution in [3.05, 3.63) is 45.3 Å². The third kappa shape index (κ3) is 3.07. The zero-order valence-electron chi connectivity index (χ0n) is 9.19. The van der Waals surface area contributed by atoms with E-state index in [1.54, 1.807) is 0 Å². The number of aromatic hydroxyl groups is 1. The molecule has 1 aromatic carbocycles. The molecule has 8 heteroatoms. The van der Waals surface area contributed by atoms with Crippen LogP contribution in [0.4, 0.5) is 5.82 Å². The standard InChI is InChI=1S/C11H6Cl3N3O2/c12-7-2-1-5(18)3-6(7)11(19)17-10-8(13)9(14)15-4-16-10/h1-4,18H,(H,15,16,17,19). The lowest BCUT2D eigenvalue weighted by atomic mass is 10.2. The largest absolute Gasteiger partial charge is 0.508 e. The molecule has 2 rings (SSSR count). The summed E-state index contributed by atoms with van der Waals surface area (Å²) in [6, 6.07) is 4.00. The molecule has 0 radical (unpaired) electrons. The number of rotatable bonds is 2. The number of nitrogens with one attached hydrogen (secondary N) is 1. The van der Waals surface area contributed by atoms with Gasteiger partial charge in [-0.2, -0.15) is 0 Å². The van der Waals surface area contributed by atoms with Crippen molar-refractivity contribution in [1.82, 2.24) is 9.97 Å². The van der Waals surface area contributed by atoms with Gasteiger partial charge in [0.25, 0.3) is 5.91 Å². The second-order valence-corrected chi connectivity index (χ2v) is 4.59. The third-order valence-corrected chi connectivity index (χ3v) is 3.24. The van der Waals surface area contributed by atoms with Gasteiger partial charge < -0.3 is 10.4 Å². The number of carbonyl (C=O) groups excluding carboxylic acids is 1. The van der Waals surface area contributed by atoms with Crippen LogP contribution in [-0.2, 0) is 0 Å². The molecule has 2 aromatic rings. The fourth-order valence-corrected chi connectivity index (χ4v) is 1.78. The lowest BCUT2D eigenvalue weighted by Crippen LogP contribution is -2.14. The number of amides is 1. The number of phenols is 1. The van der Waals surface area contributed by atoms with E-state index in [2.05, 4.69) is 15.3 Å². The molecule has 0 fully saturated rings. The Labute approximate surface area is 123 Å². The van der Waals surface area contributed by atoms with Crippen LogP contribution in [0.5, 0.6) is 5.75 Å². The molecule has 1 heterocycles. The minimum atomic E-state index is -0.572. The van der Waals surface area contributed by atoms with Crippen LogP contribution in [0.25, 0.3) is 0 Å². The van der Waals surface area contributed by atoms with Crippen molar-refractivity contribution in [2.75, 3.05) is 5.32 Å². The Bertz CT molecular complexity index is 649. The van der Waals surface area contributed by atoms with Crippen molar-refractivity contribution >= 4 is 46.5 Å².